The van der Waals surface area contributed by atoms with Crippen molar-refractivity contribution in [3.63, 3.8) is 0 Å². The van der Waals surface area contributed by atoms with Gasteiger partial charge in [0.15, 0.2) is 15.6 Å². The molecule has 12 heteroatoms. The van der Waals surface area contributed by atoms with Gasteiger partial charge in [-0.15, -0.1) is 0 Å². The quantitative estimate of drug-likeness (QED) is 0.392. The molecule has 1 N–H and O–H groups in total. The summed E-state index contributed by atoms with van der Waals surface area (Å²) in [6.45, 7) is 3.69. The zero-order valence-electron chi connectivity index (χ0n) is 20.1. The van der Waals surface area contributed by atoms with Crippen molar-refractivity contribution < 1.29 is 18.3 Å². The summed E-state index contributed by atoms with van der Waals surface area (Å²) >= 11 is 1.15. The lowest BCUT2D eigenvalue weighted by molar-refractivity contribution is 0.102. The number of hydrogen-bond acceptors (Lipinski definition) is 9. The summed E-state index contributed by atoms with van der Waals surface area (Å²) in [6.07, 6.45) is 5.11. The summed E-state index contributed by atoms with van der Waals surface area (Å²) in [7, 11) is 1.55. The smallest absolute Gasteiger partial charge is 0.259 e. The third kappa shape index (κ3) is 5.05. The van der Waals surface area contributed by atoms with E-state index in [2.05, 4.69) is 35.2 Å². The second kappa shape index (κ2) is 10.1. The Balaban J connectivity index is 1.42. The van der Waals surface area contributed by atoms with Crippen LogP contribution in [0.5, 0.6) is 5.75 Å². The van der Waals surface area contributed by atoms with E-state index in [4.69, 9.17) is 4.74 Å². The van der Waals surface area contributed by atoms with E-state index in [9.17, 15) is 13.6 Å². The fourth-order valence-electron chi connectivity index (χ4n) is 3.81. The summed E-state index contributed by atoms with van der Waals surface area (Å²) in [5.74, 6) is -0.774. The van der Waals surface area contributed by atoms with Gasteiger partial charge >= 0.3 is 0 Å². The van der Waals surface area contributed by atoms with Crippen LogP contribution in [0.1, 0.15) is 27.4 Å². The Labute approximate surface area is 214 Å². The first-order valence-electron chi connectivity index (χ1n) is 11.3. The molecule has 5 heterocycles. The molecule has 1 atom stereocenters. The van der Waals surface area contributed by atoms with E-state index in [0.717, 1.165) is 28.3 Å². The van der Waals surface area contributed by atoms with Crippen LogP contribution < -0.4 is 10.1 Å². The molecule has 0 bridgehead atoms. The summed E-state index contributed by atoms with van der Waals surface area (Å²) < 4.78 is 31.2. The largest absolute Gasteiger partial charge is 0.494 e. The summed E-state index contributed by atoms with van der Waals surface area (Å²) in [4.78, 5) is 39.8. The van der Waals surface area contributed by atoms with Crippen molar-refractivity contribution in [2.45, 2.75) is 20.3 Å². The zero-order valence-corrected chi connectivity index (χ0v) is 20.9. The van der Waals surface area contributed by atoms with Crippen molar-refractivity contribution >= 4 is 38.6 Å². The van der Waals surface area contributed by atoms with Gasteiger partial charge in [0.2, 0.25) is 6.43 Å². The maximum Gasteiger partial charge on any atom is 0.259 e. The third-order valence-corrected chi connectivity index (χ3v) is 6.56. The Morgan fingerprint density at radius 1 is 1.08 bits per heavy atom. The van der Waals surface area contributed by atoms with Crippen molar-refractivity contribution in [1.29, 1.82) is 0 Å². The minimum Gasteiger partial charge on any atom is -0.494 e. The van der Waals surface area contributed by atoms with E-state index in [-0.39, 0.29) is 6.54 Å². The molecule has 188 valence electrons. The van der Waals surface area contributed by atoms with Crippen LogP contribution in [-0.2, 0) is 0 Å². The topological polar surface area (TPSA) is 115 Å². The molecular formula is C25H21F2N7O2S. The Hall–Kier alpha value is -4.19. The van der Waals surface area contributed by atoms with Crippen LogP contribution in [0.3, 0.4) is 0 Å². The number of carbonyl (C=O) groups excluding carboxylic acids is 1. The number of allylic oxidation sites excluding steroid dienone is 1. The number of dihydropyridines is 1. The third-order valence-electron chi connectivity index (χ3n) is 5.70. The summed E-state index contributed by atoms with van der Waals surface area (Å²) in [5, 5.41) is 3.12. The van der Waals surface area contributed by atoms with Gasteiger partial charge in [-0.05, 0) is 32.1 Å². The monoisotopic (exact) mass is 521 g/mol. The van der Waals surface area contributed by atoms with Crippen LogP contribution >= 0.6 is 11.3 Å². The van der Waals surface area contributed by atoms with E-state index in [1.165, 1.54) is 24.5 Å². The first kappa shape index (κ1) is 24.5. The number of nitrogens with zero attached hydrogens (tertiary/aromatic N) is 6. The number of alkyl halides is 2. The number of hydrogen-bond donors (Lipinski definition) is 1. The standard InChI is InChI=1S/C25H21F2N7O2S/c1-12-6-15(16-7-13(2)29-11-20(16)36-3)17(9-28-12)23(35)34-25-33-22-24(37-25)32-19(10-31-22)18-5-4-14(8-30-18)21(26)27/h4-7,9-11,14,21H,8H2,1-3H3,(H,31,33,34,35). The molecule has 0 saturated heterocycles. The molecule has 0 radical (unpaired) electrons. The highest BCUT2D eigenvalue weighted by molar-refractivity contribution is 7.21. The maximum atomic E-state index is 13.3. The van der Waals surface area contributed by atoms with E-state index in [0.29, 0.717) is 43.9 Å². The molecule has 0 aromatic carbocycles. The van der Waals surface area contributed by atoms with Crippen molar-refractivity contribution in [1.82, 2.24) is 24.9 Å². The van der Waals surface area contributed by atoms with Gasteiger partial charge in [-0.3, -0.25) is 25.1 Å². The molecule has 1 aliphatic heterocycles. The number of aromatic nitrogens is 5. The van der Waals surface area contributed by atoms with Gasteiger partial charge in [0.05, 0.1) is 43.2 Å². The number of nitrogens with one attached hydrogen (secondary N) is 1. The second-order valence-corrected chi connectivity index (χ2v) is 9.32. The van der Waals surface area contributed by atoms with E-state index in [1.54, 1.807) is 13.3 Å². The van der Waals surface area contributed by atoms with Crippen LogP contribution in [0.2, 0.25) is 0 Å². The number of carbonyl (C=O) groups is 1. The van der Waals surface area contributed by atoms with Gasteiger partial charge in [-0.2, -0.15) is 4.98 Å². The number of fused-ring (bicyclic) bond motifs is 1. The van der Waals surface area contributed by atoms with Gasteiger partial charge in [0.1, 0.15) is 11.4 Å². The molecule has 9 nitrogen and oxygen atoms in total. The molecule has 37 heavy (non-hydrogen) atoms. The number of amides is 1. The molecule has 0 saturated carbocycles. The molecule has 1 amide bonds. The fourth-order valence-corrected chi connectivity index (χ4v) is 4.60. The first-order valence-corrected chi connectivity index (χ1v) is 12.1. The average molecular weight is 522 g/mol. The van der Waals surface area contributed by atoms with Gasteiger partial charge < -0.3 is 4.74 Å². The lowest BCUT2D eigenvalue weighted by Gasteiger charge is -2.13. The highest BCUT2D eigenvalue weighted by Gasteiger charge is 2.22. The predicted octanol–water partition coefficient (Wildman–Crippen LogP) is 4.66. The number of thiazole rings is 1. The summed E-state index contributed by atoms with van der Waals surface area (Å²) in [5.41, 5.74) is 4.50. The minimum atomic E-state index is -2.46. The molecule has 0 spiro atoms. The highest BCUT2D eigenvalue weighted by Crippen LogP contribution is 2.33. The average Bonchev–Trinajstić information content (AvgIpc) is 3.30. The Morgan fingerprint density at radius 3 is 2.54 bits per heavy atom. The maximum absolute atomic E-state index is 13.3. The Morgan fingerprint density at radius 2 is 1.84 bits per heavy atom. The van der Waals surface area contributed by atoms with Gasteiger partial charge in [-0.25, -0.2) is 18.7 Å². The van der Waals surface area contributed by atoms with Crippen LogP contribution in [0.4, 0.5) is 13.9 Å². The van der Waals surface area contributed by atoms with Crippen LogP contribution in [0.15, 0.2) is 47.9 Å². The predicted molar refractivity (Wildman–Crippen MR) is 137 cm³/mol. The molecule has 4 aromatic heterocycles. The van der Waals surface area contributed by atoms with E-state index in [1.807, 2.05) is 26.0 Å². The Kier molecular flexibility index (Phi) is 6.66. The number of rotatable bonds is 6. The molecule has 1 aliphatic rings. The van der Waals surface area contributed by atoms with E-state index >= 15 is 0 Å². The van der Waals surface area contributed by atoms with Crippen molar-refractivity contribution in [3.05, 3.63) is 65.5 Å². The number of aryl methyl sites for hydroxylation is 2. The molecule has 1 unspecified atom stereocenters. The SMILES string of the molecule is COc1cnc(C)cc1-c1cc(C)ncc1C(=O)Nc1nc2ncc(C3=NCC(C(F)F)C=C3)nc2s1. The second-order valence-electron chi connectivity index (χ2n) is 8.34. The minimum absolute atomic E-state index is 0.0120. The van der Waals surface area contributed by atoms with Gasteiger partial charge in [0.25, 0.3) is 5.91 Å². The van der Waals surface area contributed by atoms with Crippen LogP contribution in [0.25, 0.3) is 21.6 Å². The van der Waals surface area contributed by atoms with E-state index < -0.39 is 18.3 Å². The number of halogens is 2. The van der Waals surface area contributed by atoms with Crippen molar-refractivity contribution in [3.8, 4) is 16.9 Å². The number of aliphatic imine (C=N–C) groups is 1. The Bertz CT molecular complexity index is 1570. The number of anilines is 1. The van der Waals surface area contributed by atoms with Crippen LogP contribution in [-0.4, -0.2) is 56.6 Å². The number of methoxy groups -OCH3 is 1. The normalized spacial score (nSPS) is 15.2. The number of pyridine rings is 2. The fraction of sp³-hybridized carbons (Fsp3) is 0.240. The molecule has 0 fully saturated rings. The summed E-state index contributed by atoms with van der Waals surface area (Å²) in [6, 6.07) is 3.67. The molecule has 5 rings (SSSR count). The first-order chi connectivity index (χ1) is 17.8. The van der Waals surface area contributed by atoms with Gasteiger partial charge in [0, 0.05) is 28.7 Å². The van der Waals surface area contributed by atoms with Gasteiger partial charge in [-0.1, -0.05) is 17.4 Å². The lowest BCUT2D eigenvalue weighted by Crippen LogP contribution is -2.18. The lowest BCUT2D eigenvalue weighted by atomic mass is 9.99. The number of ether oxygens (including phenoxy) is 1. The highest BCUT2D eigenvalue weighted by atomic mass is 32.1. The molecule has 0 aliphatic carbocycles. The molecule has 4 aromatic rings. The van der Waals surface area contributed by atoms with Crippen molar-refractivity contribution in [2.75, 3.05) is 19.0 Å². The van der Waals surface area contributed by atoms with Crippen molar-refractivity contribution in [2.24, 2.45) is 10.9 Å². The molecular weight excluding hydrogens is 500 g/mol. The zero-order chi connectivity index (χ0) is 26.1. The van der Waals surface area contributed by atoms with Crippen LogP contribution in [0, 0.1) is 19.8 Å².